The Morgan fingerprint density at radius 3 is 1.48 bits per heavy atom. The topological polar surface area (TPSA) is 184 Å². The van der Waals surface area contributed by atoms with Gasteiger partial charge in [-0.25, -0.2) is 0 Å². The second kappa shape index (κ2) is 38.9. The van der Waals surface area contributed by atoms with Crippen molar-refractivity contribution >= 4 is 59.4 Å². The molecule has 0 aromatic heterocycles. The number of unbranched alkanes of at least 4 members (excludes halogenated alkanes) is 7. The standard InChI is InChI=1S/C64H106Cl3NO15Si/c1-10-17-36-71-44-50-54(82-61-59(77-42-23-16-7)58(76-41-22-15-6)55(74-39-20-13-4)51(80-61)45-72-37-18-11-2)49(73-38-19-12-3)43-52(78-50)81-56-48(79-60(83-62(68)64(65,66)67)53(69)57(56)75-40-21-14-5)34-35-63(8,9)84(70,46-30-26-24-27-31-46)47-32-28-25-29-33-47/h24-33,48-61,68-70H,10-23,34-45H2,1-9H3/t48?,49-,50?,51?,52+,53-,54-,55-,56-,57?,58+,59?,60-,61-/m1/s1. The van der Waals surface area contributed by atoms with E-state index in [-0.39, 0.29) is 32.7 Å². The Morgan fingerprint density at radius 1 is 0.536 bits per heavy atom. The van der Waals surface area contributed by atoms with Crippen LogP contribution in [0.25, 0.3) is 0 Å². The fraction of sp³-hybridized carbons (Fsp3) is 0.797. The van der Waals surface area contributed by atoms with Crippen molar-refractivity contribution in [3.63, 3.8) is 0 Å². The molecule has 3 aliphatic rings. The van der Waals surface area contributed by atoms with Gasteiger partial charge in [0.2, 0.25) is 12.2 Å². The largest absolute Gasteiger partial charge is 0.445 e. The molecule has 3 saturated heterocycles. The van der Waals surface area contributed by atoms with Crippen molar-refractivity contribution in [2.45, 2.75) is 266 Å². The van der Waals surface area contributed by atoms with Crippen LogP contribution < -0.4 is 10.4 Å². The van der Waals surface area contributed by atoms with Gasteiger partial charge in [-0.15, -0.1) is 0 Å². The van der Waals surface area contributed by atoms with Gasteiger partial charge in [-0.05, 0) is 73.2 Å². The Labute approximate surface area is 520 Å². The highest BCUT2D eigenvalue weighted by molar-refractivity contribution is 6.98. The van der Waals surface area contributed by atoms with Crippen molar-refractivity contribution in [3.05, 3.63) is 60.7 Å². The van der Waals surface area contributed by atoms with Gasteiger partial charge < -0.3 is 71.5 Å². The Bertz CT molecular complexity index is 2010. The maximum Gasteiger partial charge on any atom is 0.265 e. The smallest absolute Gasteiger partial charge is 0.265 e. The summed E-state index contributed by atoms with van der Waals surface area (Å²) >= 11 is 18.6. The summed E-state index contributed by atoms with van der Waals surface area (Å²) in [5.74, 6) is -0.731. The number of alkyl halides is 3. The van der Waals surface area contributed by atoms with E-state index < -0.39 is 109 Å². The highest BCUT2D eigenvalue weighted by atomic mass is 35.6. The first-order valence-corrected chi connectivity index (χ1v) is 35.0. The summed E-state index contributed by atoms with van der Waals surface area (Å²) in [4.78, 5) is 13.3. The van der Waals surface area contributed by atoms with E-state index in [1.807, 2.05) is 60.7 Å². The summed E-state index contributed by atoms with van der Waals surface area (Å²) in [6.07, 6.45) is 0.751. The molecule has 0 saturated carbocycles. The molecule has 0 radical (unpaired) electrons. The van der Waals surface area contributed by atoms with Gasteiger partial charge in [0.1, 0.15) is 54.9 Å². The number of rotatable bonds is 41. The van der Waals surface area contributed by atoms with Crippen LogP contribution in [0.3, 0.4) is 0 Å². The molecule has 0 spiro atoms. The summed E-state index contributed by atoms with van der Waals surface area (Å²) in [6.45, 7) is 22.7. The molecule has 20 heteroatoms. The Morgan fingerprint density at radius 2 is 0.976 bits per heavy atom. The minimum Gasteiger partial charge on any atom is -0.445 e. The number of aliphatic hydroxyl groups is 1. The average Bonchev–Trinajstić information content (AvgIpc) is 2.47. The van der Waals surface area contributed by atoms with Gasteiger partial charge in [-0.3, -0.25) is 5.41 Å². The fourth-order valence-corrected chi connectivity index (χ4v) is 14.8. The lowest BCUT2D eigenvalue weighted by Gasteiger charge is -2.50. The normalized spacial score (nSPS) is 27.9. The van der Waals surface area contributed by atoms with E-state index in [9.17, 15) is 9.90 Å². The predicted octanol–water partition coefficient (Wildman–Crippen LogP) is 11.9. The van der Waals surface area contributed by atoms with Gasteiger partial charge in [-0.1, -0.05) is 203 Å². The van der Waals surface area contributed by atoms with Crippen LogP contribution in [-0.4, -0.2) is 173 Å². The number of hydrogen-bond donors (Lipinski definition) is 3. The lowest BCUT2D eigenvalue weighted by molar-refractivity contribution is -0.370. The molecule has 3 aliphatic heterocycles. The third kappa shape index (κ3) is 21.8. The van der Waals surface area contributed by atoms with Gasteiger partial charge >= 0.3 is 0 Å². The maximum absolute atomic E-state index is 13.3. The van der Waals surface area contributed by atoms with Gasteiger partial charge in [0.15, 0.2) is 12.6 Å². The number of halogens is 3. The lowest BCUT2D eigenvalue weighted by atomic mass is 9.92. The minimum absolute atomic E-state index is 0.129. The van der Waals surface area contributed by atoms with Gasteiger partial charge in [0.25, 0.3) is 12.1 Å². The van der Waals surface area contributed by atoms with Crippen molar-refractivity contribution in [1.29, 1.82) is 5.41 Å². The highest BCUT2D eigenvalue weighted by Crippen LogP contribution is 2.44. The molecule has 16 nitrogen and oxygen atoms in total. The monoisotopic (exact) mass is 1260 g/mol. The zero-order valence-corrected chi connectivity index (χ0v) is 55.3. The predicted molar refractivity (Wildman–Crippen MR) is 334 cm³/mol. The second-order valence-electron chi connectivity index (χ2n) is 23.3. The molecule has 3 fully saturated rings. The summed E-state index contributed by atoms with van der Waals surface area (Å²) in [7, 11) is -3.54. The molecule has 0 amide bonds. The van der Waals surface area contributed by atoms with Crippen LogP contribution in [0.4, 0.5) is 0 Å². The number of aliphatic hydroxyl groups excluding tert-OH is 1. The van der Waals surface area contributed by atoms with Crippen LogP contribution in [0.5, 0.6) is 0 Å². The van der Waals surface area contributed by atoms with Gasteiger partial charge in [0, 0.05) is 52.7 Å². The molecule has 2 aromatic rings. The summed E-state index contributed by atoms with van der Waals surface area (Å²) in [5, 5.41) is 21.9. The van der Waals surface area contributed by atoms with Crippen LogP contribution in [0, 0.1) is 5.41 Å². The van der Waals surface area contributed by atoms with Gasteiger partial charge in [0.05, 0.1) is 25.4 Å². The van der Waals surface area contributed by atoms with E-state index in [0.717, 1.165) is 93.8 Å². The molecule has 2 aromatic carbocycles. The quantitative estimate of drug-likeness (QED) is 0.0188. The number of ether oxygens (including phenoxy) is 13. The zero-order valence-electron chi connectivity index (χ0n) is 52.1. The summed E-state index contributed by atoms with van der Waals surface area (Å²) in [6, 6.07) is 19.6. The molecular weight excluding hydrogens is 1160 g/mol. The van der Waals surface area contributed by atoms with Crippen LogP contribution in [0.1, 0.15) is 171 Å². The molecule has 5 rings (SSSR count). The Kier molecular flexibility index (Phi) is 33.9. The molecule has 3 heterocycles. The molecule has 3 N–H and O–H groups in total. The third-order valence-electron chi connectivity index (χ3n) is 16.1. The van der Waals surface area contributed by atoms with E-state index >= 15 is 0 Å². The third-order valence-corrected chi connectivity index (χ3v) is 21.2. The molecule has 5 unspecified atom stereocenters. The van der Waals surface area contributed by atoms with E-state index in [0.29, 0.717) is 52.5 Å². The number of nitrogens with one attached hydrogen (secondary N) is 1. The Hall–Kier alpha value is -1.56. The highest BCUT2D eigenvalue weighted by Gasteiger charge is 2.56. The van der Waals surface area contributed by atoms with Crippen molar-refractivity contribution in [2.24, 2.45) is 0 Å². The molecule has 84 heavy (non-hydrogen) atoms. The van der Waals surface area contributed by atoms with Crippen molar-refractivity contribution < 1.29 is 71.5 Å². The van der Waals surface area contributed by atoms with Crippen molar-refractivity contribution in [3.8, 4) is 0 Å². The summed E-state index contributed by atoms with van der Waals surface area (Å²) in [5.41, 5.74) is 0. The number of hydrogen-bond acceptors (Lipinski definition) is 16. The van der Waals surface area contributed by atoms with Crippen LogP contribution in [0.15, 0.2) is 60.7 Å². The van der Waals surface area contributed by atoms with E-state index in [2.05, 4.69) is 62.3 Å². The minimum atomic E-state index is -3.54. The van der Waals surface area contributed by atoms with Crippen molar-refractivity contribution in [1.82, 2.24) is 0 Å². The average molecular weight is 1260 g/mol. The molecule has 0 aliphatic carbocycles. The van der Waals surface area contributed by atoms with Crippen molar-refractivity contribution in [2.75, 3.05) is 59.5 Å². The SMILES string of the molecule is CCCCOCC1O[C@H](O[C@H]2C(COCCCC)O[C@@H](O[C@@H]3C(CCC(C)(C)[Si](O)(c4ccccc4)c4ccccc4)O[C@H](OC(=N)C(Cl)(Cl)Cl)[C@H](O)C3OCCCC)C[C@H]2OCCCC)C(OCCCC)[C@@H](OCCCC)[C@@H]1OCCCC. The van der Waals surface area contributed by atoms with Crippen LogP contribution in [-0.2, 0) is 61.6 Å². The lowest BCUT2D eigenvalue weighted by Crippen LogP contribution is -2.66. The summed E-state index contributed by atoms with van der Waals surface area (Å²) < 4.78 is 86.1. The molecule has 14 atom stereocenters. The zero-order chi connectivity index (χ0) is 61.0. The second-order valence-corrected chi connectivity index (χ2v) is 29.5. The first kappa shape index (κ1) is 73.2. The molecular formula is C64H106Cl3NO15Si. The van der Waals surface area contributed by atoms with Gasteiger partial charge in [-0.2, -0.15) is 0 Å². The molecule has 0 bridgehead atoms. The van der Waals surface area contributed by atoms with E-state index in [1.165, 1.54) is 0 Å². The first-order chi connectivity index (χ1) is 40.5. The fourth-order valence-electron chi connectivity index (χ4n) is 10.9. The first-order valence-electron chi connectivity index (χ1n) is 31.9. The van der Waals surface area contributed by atoms with E-state index in [1.54, 1.807) is 0 Å². The number of benzene rings is 2. The van der Waals surface area contributed by atoms with Crippen LogP contribution >= 0.6 is 34.8 Å². The van der Waals surface area contributed by atoms with E-state index in [4.69, 9.17) is 102 Å². The molecule has 482 valence electrons. The maximum atomic E-state index is 13.3. The Balaban J connectivity index is 1.59. The van der Waals surface area contributed by atoms with Crippen LogP contribution in [0.2, 0.25) is 5.04 Å².